The Hall–Kier alpha value is -2.10. The summed E-state index contributed by atoms with van der Waals surface area (Å²) in [6.45, 7) is 3.91. The first-order chi connectivity index (χ1) is 7.20. The Morgan fingerprint density at radius 1 is 1.53 bits per heavy atom. The normalized spacial score (nSPS) is 12.9. The van der Waals surface area contributed by atoms with Gasteiger partial charge in [0.2, 0.25) is 5.91 Å². The second kappa shape index (κ2) is 3.57. The zero-order chi connectivity index (χ0) is 10.8. The Balaban J connectivity index is 2.29. The van der Waals surface area contributed by atoms with Gasteiger partial charge in [0, 0.05) is 17.8 Å². The van der Waals surface area contributed by atoms with Gasteiger partial charge >= 0.3 is 0 Å². The highest BCUT2D eigenvalue weighted by Gasteiger charge is 2.18. The molecule has 0 aromatic heterocycles. The molecule has 1 aliphatic rings. The fraction of sp³-hybridized carbons (Fsp3) is 0.0909. The topological polar surface area (TPSA) is 58.2 Å². The van der Waals surface area contributed by atoms with Crippen LogP contribution >= 0.6 is 0 Å². The van der Waals surface area contributed by atoms with Crippen LogP contribution in [0.25, 0.3) is 0 Å². The molecule has 76 valence electrons. The van der Waals surface area contributed by atoms with Gasteiger partial charge in [0.25, 0.3) is 5.91 Å². The Bertz CT molecular complexity index is 452. The highest BCUT2D eigenvalue weighted by atomic mass is 16.2. The van der Waals surface area contributed by atoms with E-state index < -0.39 is 0 Å². The molecule has 1 aliphatic heterocycles. The third-order valence-electron chi connectivity index (χ3n) is 2.25. The van der Waals surface area contributed by atoms with Crippen LogP contribution in [0.3, 0.4) is 0 Å². The third-order valence-corrected chi connectivity index (χ3v) is 2.25. The van der Waals surface area contributed by atoms with Crippen molar-refractivity contribution in [1.82, 2.24) is 5.32 Å². The van der Waals surface area contributed by atoms with Gasteiger partial charge in [-0.05, 0) is 23.8 Å². The van der Waals surface area contributed by atoms with Crippen molar-refractivity contribution >= 4 is 17.5 Å². The zero-order valence-corrected chi connectivity index (χ0v) is 8.04. The summed E-state index contributed by atoms with van der Waals surface area (Å²) in [4.78, 5) is 22.4. The molecule has 15 heavy (non-hydrogen) atoms. The van der Waals surface area contributed by atoms with Gasteiger partial charge in [0.05, 0.1) is 0 Å². The van der Waals surface area contributed by atoms with Crippen LogP contribution in [-0.2, 0) is 11.3 Å². The second-order valence-corrected chi connectivity index (χ2v) is 3.25. The summed E-state index contributed by atoms with van der Waals surface area (Å²) in [5.74, 6) is -0.381. The predicted molar refractivity (Wildman–Crippen MR) is 56.4 cm³/mol. The molecule has 0 spiro atoms. The maximum Gasteiger partial charge on any atom is 0.251 e. The van der Waals surface area contributed by atoms with Crippen LogP contribution in [0.5, 0.6) is 0 Å². The van der Waals surface area contributed by atoms with Gasteiger partial charge in [-0.25, -0.2) is 0 Å². The lowest BCUT2D eigenvalue weighted by Crippen LogP contribution is -2.12. The first-order valence-corrected chi connectivity index (χ1v) is 4.55. The molecule has 2 rings (SSSR count). The van der Waals surface area contributed by atoms with Crippen LogP contribution in [0.15, 0.2) is 30.9 Å². The molecule has 0 saturated carbocycles. The van der Waals surface area contributed by atoms with E-state index in [1.165, 1.54) is 6.08 Å². The molecule has 1 heterocycles. The SMILES string of the molecule is C=CC(=O)Nc1ccc2c(c1)C(=O)NC2. The largest absolute Gasteiger partial charge is 0.348 e. The van der Waals surface area contributed by atoms with Crippen LogP contribution in [0.1, 0.15) is 15.9 Å². The maximum atomic E-state index is 11.3. The van der Waals surface area contributed by atoms with Crippen molar-refractivity contribution in [3.05, 3.63) is 42.0 Å². The fourth-order valence-corrected chi connectivity index (χ4v) is 1.48. The summed E-state index contributed by atoms with van der Waals surface area (Å²) in [6.07, 6.45) is 1.19. The molecule has 2 amide bonds. The van der Waals surface area contributed by atoms with Crippen LogP contribution in [0, 0.1) is 0 Å². The standard InChI is InChI=1S/C11H10N2O2/c1-2-10(14)13-8-4-3-7-6-12-11(15)9(7)5-8/h2-5H,1,6H2,(H,12,15)(H,13,14). The molecule has 1 aromatic carbocycles. The summed E-state index contributed by atoms with van der Waals surface area (Å²) in [7, 11) is 0. The van der Waals surface area contributed by atoms with E-state index in [1.54, 1.807) is 12.1 Å². The van der Waals surface area contributed by atoms with Crippen molar-refractivity contribution < 1.29 is 9.59 Å². The van der Waals surface area contributed by atoms with Crippen molar-refractivity contribution in [2.45, 2.75) is 6.54 Å². The smallest absolute Gasteiger partial charge is 0.251 e. The third kappa shape index (κ3) is 1.74. The molecule has 0 atom stereocenters. The number of nitrogens with one attached hydrogen (secondary N) is 2. The molecular formula is C11H10N2O2. The van der Waals surface area contributed by atoms with E-state index in [0.717, 1.165) is 5.56 Å². The first kappa shape index (κ1) is 9.45. The number of amides is 2. The summed E-state index contributed by atoms with van der Waals surface area (Å²) < 4.78 is 0. The number of anilines is 1. The van der Waals surface area contributed by atoms with Crippen molar-refractivity contribution in [1.29, 1.82) is 0 Å². The fourth-order valence-electron chi connectivity index (χ4n) is 1.48. The Kier molecular flexibility index (Phi) is 2.25. The van der Waals surface area contributed by atoms with Crippen LogP contribution in [0.2, 0.25) is 0 Å². The molecule has 1 aromatic rings. The maximum absolute atomic E-state index is 11.3. The van der Waals surface area contributed by atoms with Crippen molar-refractivity contribution in [2.75, 3.05) is 5.32 Å². The summed E-state index contributed by atoms with van der Waals surface area (Å²) in [6, 6.07) is 5.26. The van der Waals surface area contributed by atoms with E-state index in [9.17, 15) is 9.59 Å². The predicted octanol–water partition coefficient (Wildman–Crippen LogP) is 1.05. The quantitative estimate of drug-likeness (QED) is 0.704. The molecule has 0 aliphatic carbocycles. The molecule has 2 N–H and O–H groups in total. The van der Waals surface area contributed by atoms with Gasteiger partial charge in [0.1, 0.15) is 0 Å². The molecule has 4 nitrogen and oxygen atoms in total. The number of hydrogen-bond donors (Lipinski definition) is 2. The van der Waals surface area contributed by atoms with Gasteiger partial charge in [-0.2, -0.15) is 0 Å². The van der Waals surface area contributed by atoms with Crippen LogP contribution in [-0.4, -0.2) is 11.8 Å². The number of rotatable bonds is 2. The highest BCUT2D eigenvalue weighted by Crippen LogP contribution is 2.19. The molecule has 4 heteroatoms. The number of fused-ring (bicyclic) bond motifs is 1. The van der Waals surface area contributed by atoms with Gasteiger partial charge < -0.3 is 10.6 Å². The zero-order valence-electron chi connectivity index (χ0n) is 8.04. The number of benzene rings is 1. The van der Waals surface area contributed by atoms with Crippen LogP contribution < -0.4 is 10.6 Å². The molecule has 0 bridgehead atoms. The second-order valence-electron chi connectivity index (χ2n) is 3.25. The summed E-state index contributed by atoms with van der Waals surface area (Å²) in [5, 5.41) is 5.31. The highest BCUT2D eigenvalue weighted by molar-refractivity contribution is 6.02. The lowest BCUT2D eigenvalue weighted by molar-refractivity contribution is -0.111. The van der Waals surface area contributed by atoms with Gasteiger partial charge in [-0.15, -0.1) is 0 Å². The Morgan fingerprint density at radius 3 is 3.07 bits per heavy atom. The Labute approximate surface area is 87.0 Å². The van der Waals surface area contributed by atoms with E-state index in [1.807, 2.05) is 6.07 Å². The molecular weight excluding hydrogens is 192 g/mol. The van der Waals surface area contributed by atoms with Gasteiger partial charge in [-0.1, -0.05) is 12.6 Å². The lowest BCUT2D eigenvalue weighted by atomic mass is 10.1. The number of hydrogen-bond acceptors (Lipinski definition) is 2. The van der Waals surface area contributed by atoms with Crippen molar-refractivity contribution in [2.24, 2.45) is 0 Å². The summed E-state index contributed by atoms with van der Waals surface area (Å²) >= 11 is 0. The average Bonchev–Trinajstić information content (AvgIpc) is 2.60. The monoisotopic (exact) mass is 202 g/mol. The lowest BCUT2D eigenvalue weighted by Gasteiger charge is -2.03. The van der Waals surface area contributed by atoms with E-state index in [2.05, 4.69) is 17.2 Å². The van der Waals surface area contributed by atoms with Crippen molar-refractivity contribution in [3.8, 4) is 0 Å². The minimum absolute atomic E-state index is 0.0975. The van der Waals surface area contributed by atoms with E-state index >= 15 is 0 Å². The van der Waals surface area contributed by atoms with Gasteiger partial charge in [0.15, 0.2) is 0 Å². The van der Waals surface area contributed by atoms with Crippen molar-refractivity contribution in [3.63, 3.8) is 0 Å². The minimum atomic E-state index is -0.284. The first-order valence-electron chi connectivity index (χ1n) is 4.55. The van der Waals surface area contributed by atoms with Gasteiger partial charge in [-0.3, -0.25) is 9.59 Å². The van der Waals surface area contributed by atoms with E-state index in [4.69, 9.17) is 0 Å². The Morgan fingerprint density at radius 2 is 2.33 bits per heavy atom. The van der Waals surface area contributed by atoms with E-state index in [0.29, 0.717) is 17.8 Å². The van der Waals surface area contributed by atoms with E-state index in [-0.39, 0.29) is 11.8 Å². The number of carbonyl (C=O) groups excluding carboxylic acids is 2. The average molecular weight is 202 g/mol. The molecule has 0 unspecified atom stereocenters. The molecule has 0 fully saturated rings. The summed E-state index contributed by atoms with van der Waals surface area (Å²) in [5.41, 5.74) is 2.18. The molecule has 0 radical (unpaired) electrons. The molecule has 0 saturated heterocycles. The van der Waals surface area contributed by atoms with Crippen LogP contribution in [0.4, 0.5) is 5.69 Å². The minimum Gasteiger partial charge on any atom is -0.348 e. The number of carbonyl (C=O) groups is 2.